The van der Waals surface area contributed by atoms with Crippen molar-refractivity contribution in [1.29, 1.82) is 0 Å². The first kappa shape index (κ1) is 10.7. The van der Waals surface area contributed by atoms with E-state index in [1.54, 1.807) is 6.20 Å². The summed E-state index contributed by atoms with van der Waals surface area (Å²) in [6.07, 6.45) is 2.43. The van der Waals surface area contributed by atoms with Gasteiger partial charge in [-0.25, -0.2) is 0 Å². The Bertz CT molecular complexity index is 425. The summed E-state index contributed by atoms with van der Waals surface area (Å²) in [7, 11) is 0. The van der Waals surface area contributed by atoms with Gasteiger partial charge in [-0.15, -0.1) is 0 Å². The van der Waals surface area contributed by atoms with Crippen LogP contribution in [0.1, 0.15) is 11.3 Å². The summed E-state index contributed by atoms with van der Waals surface area (Å²) in [5.74, 6) is 0.847. The van der Waals surface area contributed by atoms with Gasteiger partial charge in [-0.05, 0) is 5.56 Å². The fraction of sp³-hybridized carbons (Fsp3) is 0.250. The maximum absolute atomic E-state index is 5.43. The number of anilines is 1. The quantitative estimate of drug-likeness (QED) is 0.799. The van der Waals surface area contributed by atoms with Gasteiger partial charge in [0.1, 0.15) is 0 Å². The molecule has 0 radical (unpaired) electrons. The van der Waals surface area contributed by atoms with E-state index < -0.39 is 0 Å². The molecular formula is C12H15N3O. The molecule has 0 saturated carbocycles. The van der Waals surface area contributed by atoms with Crippen molar-refractivity contribution < 1.29 is 4.52 Å². The second-order valence-electron chi connectivity index (χ2n) is 3.54. The molecule has 1 aromatic carbocycles. The molecular weight excluding hydrogens is 202 g/mol. The maximum Gasteiger partial charge on any atom is 0.164 e. The van der Waals surface area contributed by atoms with Crippen LogP contribution >= 0.6 is 0 Å². The van der Waals surface area contributed by atoms with Crippen LogP contribution in [-0.4, -0.2) is 18.2 Å². The van der Waals surface area contributed by atoms with E-state index in [9.17, 15) is 0 Å². The van der Waals surface area contributed by atoms with Gasteiger partial charge in [0.05, 0.1) is 11.9 Å². The number of hydrogen-bond acceptors (Lipinski definition) is 4. The van der Waals surface area contributed by atoms with Crippen molar-refractivity contribution >= 4 is 5.69 Å². The molecule has 0 aliphatic heterocycles. The Labute approximate surface area is 94.4 Å². The molecule has 3 N–H and O–H groups in total. The minimum Gasteiger partial charge on any atom is -0.380 e. The van der Waals surface area contributed by atoms with Gasteiger partial charge in [-0.3, -0.25) is 0 Å². The van der Waals surface area contributed by atoms with E-state index in [2.05, 4.69) is 22.6 Å². The van der Waals surface area contributed by atoms with E-state index in [0.717, 1.165) is 24.4 Å². The summed E-state index contributed by atoms with van der Waals surface area (Å²) in [5.41, 5.74) is 7.56. The Balaban J connectivity index is 2.07. The number of nitrogens with one attached hydrogen (secondary N) is 1. The second kappa shape index (κ2) is 5.32. The van der Waals surface area contributed by atoms with Crippen molar-refractivity contribution in [3.63, 3.8) is 0 Å². The zero-order valence-electron chi connectivity index (χ0n) is 9.02. The Morgan fingerprint density at radius 1 is 1.25 bits per heavy atom. The molecule has 0 amide bonds. The van der Waals surface area contributed by atoms with Gasteiger partial charge < -0.3 is 15.6 Å². The van der Waals surface area contributed by atoms with E-state index in [-0.39, 0.29) is 0 Å². The zero-order valence-corrected chi connectivity index (χ0v) is 9.02. The van der Waals surface area contributed by atoms with Crippen LogP contribution in [0, 0.1) is 0 Å². The third-order valence-electron chi connectivity index (χ3n) is 2.31. The third kappa shape index (κ3) is 2.61. The number of nitrogens with zero attached hydrogens (tertiary/aromatic N) is 1. The first-order valence-electron chi connectivity index (χ1n) is 5.31. The van der Waals surface area contributed by atoms with Crippen molar-refractivity contribution in [2.24, 2.45) is 5.73 Å². The van der Waals surface area contributed by atoms with Gasteiger partial charge in [-0.1, -0.05) is 35.5 Å². The van der Waals surface area contributed by atoms with Crippen molar-refractivity contribution in [2.45, 2.75) is 6.42 Å². The number of aromatic nitrogens is 1. The van der Waals surface area contributed by atoms with Crippen LogP contribution in [0.3, 0.4) is 0 Å². The second-order valence-corrected chi connectivity index (χ2v) is 3.54. The molecule has 0 aliphatic rings. The Morgan fingerprint density at radius 3 is 2.81 bits per heavy atom. The molecule has 0 unspecified atom stereocenters. The summed E-state index contributed by atoms with van der Waals surface area (Å²) in [4.78, 5) is 0. The number of nitrogens with two attached hydrogens (primary N) is 1. The Kier molecular flexibility index (Phi) is 3.56. The van der Waals surface area contributed by atoms with Gasteiger partial charge in [0.15, 0.2) is 5.76 Å². The number of hydrogen-bond donors (Lipinski definition) is 2. The van der Waals surface area contributed by atoms with E-state index in [0.29, 0.717) is 6.54 Å². The Morgan fingerprint density at radius 2 is 2.06 bits per heavy atom. The van der Waals surface area contributed by atoms with E-state index in [4.69, 9.17) is 10.3 Å². The molecule has 0 fully saturated rings. The van der Waals surface area contributed by atoms with Gasteiger partial charge in [0, 0.05) is 19.5 Å². The molecule has 0 atom stereocenters. The maximum atomic E-state index is 5.43. The summed E-state index contributed by atoms with van der Waals surface area (Å²) < 4.78 is 5.21. The highest BCUT2D eigenvalue weighted by Crippen LogP contribution is 2.18. The van der Waals surface area contributed by atoms with Gasteiger partial charge in [0.2, 0.25) is 0 Å². The lowest BCUT2D eigenvalue weighted by atomic mass is 10.1. The lowest BCUT2D eigenvalue weighted by Gasteiger charge is -2.03. The lowest BCUT2D eigenvalue weighted by Crippen LogP contribution is -2.13. The SMILES string of the molecule is NCCNc1cnoc1Cc1ccccc1. The third-order valence-corrected chi connectivity index (χ3v) is 2.31. The first-order chi connectivity index (χ1) is 7.90. The molecule has 0 bridgehead atoms. The van der Waals surface area contributed by atoms with Crippen molar-refractivity contribution in [3.8, 4) is 0 Å². The fourth-order valence-corrected chi connectivity index (χ4v) is 1.52. The predicted molar refractivity (Wildman–Crippen MR) is 63.3 cm³/mol. The summed E-state index contributed by atoms with van der Waals surface area (Å²) in [6.45, 7) is 1.32. The van der Waals surface area contributed by atoms with Crippen LogP contribution in [0.15, 0.2) is 41.1 Å². The summed E-state index contributed by atoms with van der Waals surface area (Å²) in [6, 6.07) is 10.2. The van der Waals surface area contributed by atoms with Crippen LogP contribution in [0.25, 0.3) is 0 Å². The molecule has 84 valence electrons. The van der Waals surface area contributed by atoms with Crippen molar-refractivity contribution in [3.05, 3.63) is 47.9 Å². The Hall–Kier alpha value is -1.81. The minimum absolute atomic E-state index is 0.593. The highest BCUT2D eigenvalue weighted by Gasteiger charge is 2.07. The average molecular weight is 217 g/mol. The highest BCUT2D eigenvalue weighted by atomic mass is 16.5. The average Bonchev–Trinajstić information content (AvgIpc) is 2.75. The van der Waals surface area contributed by atoms with Gasteiger partial charge in [0.25, 0.3) is 0 Å². The highest BCUT2D eigenvalue weighted by molar-refractivity contribution is 5.46. The largest absolute Gasteiger partial charge is 0.380 e. The molecule has 1 heterocycles. The predicted octanol–water partition coefficient (Wildman–Crippen LogP) is 1.64. The standard InChI is InChI=1S/C12H15N3O/c13-6-7-14-11-9-15-16-12(11)8-10-4-2-1-3-5-10/h1-5,9,14H,6-8,13H2. The normalized spacial score (nSPS) is 10.3. The number of benzene rings is 1. The molecule has 16 heavy (non-hydrogen) atoms. The molecule has 0 aliphatic carbocycles. The van der Waals surface area contributed by atoms with Crippen molar-refractivity contribution in [2.75, 3.05) is 18.4 Å². The molecule has 2 rings (SSSR count). The fourth-order valence-electron chi connectivity index (χ4n) is 1.52. The van der Waals surface area contributed by atoms with Crippen LogP contribution < -0.4 is 11.1 Å². The minimum atomic E-state index is 0.593. The summed E-state index contributed by atoms with van der Waals surface area (Å²) >= 11 is 0. The molecule has 1 aromatic heterocycles. The van der Waals surface area contributed by atoms with Crippen LogP contribution in [-0.2, 0) is 6.42 Å². The van der Waals surface area contributed by atoms with Crippen molar-refractivity contribution in [1.82, 2.24) is 5.16 Å². The molecule has 0 spiro atoms. The lowest BCUT2D eigenvalue weighted by molar-refractivity contribution is 0.390. The van der Waals surface area contributed by atoms with Gasteiger partial charge >= 0.3 is 0 Å². The number of rotatable bonds is 5. The monoisotopic (exact) mass is 217 g/mol. The van der Waals surface area contributed by atoms with Crippen LogP contribution in [0.5, 0.6) is 0 Å². The van der Waals surface area contributed by atoms with Gasteiger partial charge in [-0.2, -0.15) is 0 Å². The topological polar surface area (TPSA) is 64.1 Å². The summed E-state index contributed by atoms with van der Waals surface area (Å²) in [5, 5.41) is 6.97. The molecule has 4 heteroatoms. The molecule has 2 aromatic rings. The first-order valence-corrected chi connectivity index (χ1v) is 5.31. The van der Waals surface area contributed by atoms with E-state index in [1.165, 1.54) is 5.56 Å². The van der Waals surface area contributed by atoms with Crippen LogP contribution in [0.4, 0.5) is 5.69 Å². The smallest absolute Gasteiger partial charge is 0.164 e. The molecule has 4 nitrogen and oxygen atoms in total. The van der Waals surface area contributed by atoms with Crippen LogP contribution in [0.2, 0.25) is 0 Å². The molecule has 0 saturated heterocycles. The van der Waals surface area contributed by atoms with E-state index in [1.807, 2.05) is 18.2 Å². The zero-order chi connectivity index (χ0) is 11.2. The van der Waals surface area contributed by atoms with E-state index >= 15 is 0 Å².